The summed E-state index contributed by atoms with van der Waals surface area (Å²) in [4.78, 5) is 10.2. The maximum atomic E-state index is 10.2. The maximum Gasteiger partial charge on any atom is 0.305 e. The Labute approximate surface area is 77.2 Å². The van der Waals surface area contributed by atoms with Crippen LogP contribution in [-0.2, 0) is 9.53 Å². The van der Waals surface area contributed by atoms with Crippen molar-refractivity contribution in [1.29, 1.82) is 0 Å². The summed E-state index contributed by atoms with van der Waals surface area (Å²) in [6, 6.07) is 4.04. The summed E-state index contributed by atoms with van der Waals surface area (Å²) in [5.41, 5.74) is 0. The molecule has 0 aromatic carbocycles. The fourth-order valence-corrected chi connectivity index (χ4v) is 0.943. The zero-order valence-corrected chi connectivity index (χ0v) is 8.26. The van der Waals surface area contributed by atoms with Crippen LogP contribution in [0.2, 0.25) is 0 Å². The van der Waals surface area contributed by atoms with Crippen LogP contribution in [-0.4, -0.2) is 12.6 Å². The summed E-state index contributed by atoms with van der Waals surface area (Å²) in [6.45, 7) is 4.07. The van der Waals surface area contributed by atoms with E-state index in [0.29, 0.717) is 13.0 Å². The van der Waals surface area contributed by atoms with Crippen LogP contribution in [0.25, 0.3) is 0 Å². The molecule has 12 heavy (non-hydrogen) atoms. The minimum Gasteiger partial charge on any atom is -0.466 e. The van der Waals surface area contributed by atoms with Crippen molar-refractivity contribution >= 4 is 17.3 Å². The van der Waals surface area contributed by atoms with Gasteiger partial charge in [0.2, 0.25) is 0 Å². The average molecular weight is 186 g/mol. The monoisotopic (exact) mass is 186 g/mol. The molecule has 0 atom stereocenters. The van der Waals surface area contributed by atoms with Gasteiger partial charge in [-0.05, 0) is 17.7 Å². The van der Waals surface area contributed by atoms with Gasteiger partial charge in [-0.1, -0.05) is 19.1 Å². The molecule has 0 saturated heterocycles. The molecule has 1 rings (SSSR count). The van der Waals surface area contributed by atoms with Crippen LogP contribution in [0.4, 0.5) is 0 Å². The molecular formula is C9H14O2S. The lowest BCUT2D eigenvalue weighted by Crippen LogP contribution is -2.00. The highest BCUT2D eigenvalue weighted by atomic mass is 32.1. The summed E-state index contributed by atoms with van der Waals surface area (Å²) in [7, 11) is 0. The van der Waals surface area contributed by atoms with E-state index >= 15 is 0 Å². The first-order valence-electron chi connectivity index (χ1n) is 3.94. The molecule has 0 radical (unpaired) electrons. The molecular weight excluding hydrogens is 172 g/mol. The average Bonchev–Trinajstić information content (AvgIpc) is 2.62. The van der Waals surface area contributed by atoms with Gasteiger partial charge >= 0.3 is 5.97 Å². The van der Waals surface area contributed by atoms with Gasteiger partial charge in [-0.3, -0.25) is 4.79 Å². The van der Waals surface area contributed by atoms with Gasteiger partial charge in [-0.2, -0.15) is 11.3 Å². The highest BCUT2D eigenvalue weighted by molar-refractivity contribution is 7.07. The Hall–Kier alpha value is -0.830. The molecule has 0 aliphatic carbocycles. The van der Waals surface area contributed by atoms with Crippen LogP contribution >= 0.6 is 11.3 Å². The normalized spacial score (nSPS) is 8.17. The number of hydrogen-bond donors (Lipinski definition) is 0. The van der Waals surface area contributed by atoms with Crippen LogP contribution < -0.4 is 0 Å². The standard InChI is InChI=1S/C5H10O2.C4H4S/c1-3-5(6)7-4-2;1-2-4-5-3-1/h3-4H2,1-2H3;1-4H. The molecule has 3 heteroatoms. The van der Waals surface area contributed by atoms with Crippen molar-refractivity contribution in [1.82, 2.24) is 0 Å². The van der Waals surface area contributed by atoms with Crippen molar-refractivity contribution in [2.45, 2.75) is 20.3 Å². The summed E-state index contributed by atoms with van der Waals surface area (Å²) >= 11 is 1.71. The lowest BCUT2D eigenvalue weighted by atomic mass is 10.5. The third-order valence-corrected chi connectivity index (χ3v) is 1.65. The lowest BCUT2D eigenvalue weighted by molar-refractivity contribution is -0.142. The number of rotatable bonds is 2. The SMILES string of the molecule is CCOC(=O)CC.c1ccsc1. The highest BCUT2D eigenvalue weighted by Gasteiger charge is 1.91. The molecule has 0 spiro atoms. The van der Waals surface area contributed by atoms with Crippen LogP contribution in [0.1, 0.15) is 20.3 Å². The van der Waals surface area contributed by atoms with Crippen molar-refractivity contribution in [3.8, 4) is 0 Å². The van der Waals surface area contributed by atoms with Gasteiger partial charge in [0, 0.05) is 6.42 Å². The fraction of sp³-hybridized carbons (Fsp3) is 0.444. The molecule has 1 aromatic heterocycles. The zero-order chi connectivity index (χ0) is 9.23. The summed E-state index contributed by atoms with van der Waals surface area (Å²) < 4.78 is 4.55. The minimum absolute atomic E-state index is 0.123. The third-order valence-electron chi connectivity index (χ3n) is 1.02. The van der Waals surface area contributed by atoms with E-state index < -0.39 is 0 Å². The number of hydrogen-bond acceptors (Lipinski definition) is 3. The molecule has 0 bridgehead atoms. The first-order chi connectivity index (χ1) is 5.81. The van der Waals surface area contributed by atoms with Crippen molar-refractivity contribution in [2.24, 2.45) is 0 Å². The van der Waals surface area contributed by atoms with Crippen LogP contribution in [0.3, 0.4) is 0 Å². The number of esters is 1. The Morgan fingerprint density at radius 2 is 1.92 bits per heavy atom. The van der Waals surface area contributed by atoms with Gasteiger partial charge in [0.15, 0.2) is 0 Å². The maximum absolute atomic E-state index is 10.2. The Kier molecular flexibility index (Phi) is 7.70. The van der Waals surface area contributed by atoms with Crippen molar-refractivity contribution in [3.63, 3.8) is 0 Å². The van der Waals surface area contributed by atoms with Gasteiger partial charge < -0.3 is 4.74 Å². The van der Waals surface area contributed by atoms with Gasteiger partial charge in [0.25, 0.3) is 0 Å². The molecule has 0 unspecified atom stereocenters. The van der Waals surface area contributed by atoms with Gasteiger partial charge in [-0.25, -0.2) is 0 Å². The lowest BCUT2D eigenvalue weighted by Gasteiger charge is -1.93. The van der Waals surface area contributed by atoms with Crippen molar-refractivity contribution in [2.75, 3.05) is 6.61 Å². The predicted octanol–water partition coefficient (Wildman–Crippen LogP) is 2.71. The second-order valence-electron chi connectivity index (χ2n) is 1.95. The number of ether oxygens (including phenoxy) is 1. The third kappa shape index (κ3) is 7.28. The molecule has 2 nitrogen and oxygen atoms in total. The molecule has 68 valence electrons. The topological polar surface area (TPSA) is 26.3 Å². The highest BCUT2D eigenvalue weighted by Crippen LogP contribution is 1.91. The molecule has 0 amide bonds. The Balaban J connectivity index is 0.000000211. The molecule has 0 fully saturated rings. The van der Waals surface area contributed by atoms with E-state index in [-0.39, 0.29) is 5.97 Å². The summed E-state index contributed by atoms with van der Waals surface area (Å²) in [5.74, 6) is -0.123. The number of carbonyl (C=O) groups is 1. The summed E-state index contributed by atoms with van der Waals surface area (Å²) in [6.07, 6.45) is 0.480. The molecule has 0 aliphatic rings. The van der Waals surface area contributed by atoms with E-state index in [0.717, 1.165) is 0 Å². The fourth-order valence-electron chi connectivity index (χ4n) is 0.490. The van der Waals surface area contributed by atoms with E-state index in [1.54, 1.807) is 25.2 Å². The van der Waals surface area contributed by atoms with E-state index in [1.165, 1.54) is 0 Å². The quantitative estimate of drug-likeness (QED) is 0.664. The van der Waals surface area contributed by atoms with Crippen LogP contribution in [0.5, 0.6) is 0 Å². The minimum atomic E-state index is -0.123. The molecule has 1 heterocycles. The zero-order valence-electron chi connectivity index (χ0n) is 7.45. The Bertz CT molecular complexity index is 165. The van der Waals surface area contributed by atoms with Gasteiger partial charge in [0.05, 0.1) is 6.61 Å². The van der Waals surface area contributed by atoms with E-state index in [2.05, 4.69) is 4.74 Å². The Morgan fingerprint density at radius 3 is 2.08 bits per heavy atom. The summed E-state index contributed by atoms with van der Waals surface area (Å²) in [5, 5.41) is 4.08. The largest absolute Gasteiger partial charge is 0.466 e. The smallest absolute Gasteiger partial charge is 0.305 e. The van der Waals surface area contributed by atoms with E-state index in [9.17, 15) is 4.79 Å². The Morgan fingerprint density at radius 1 is 1.33 bits per heavy atom. The van der Waals surface area contributed by atoms with Crippen molar-refractivity contribution in [3.05, 3.63) is 22.9 Å². The molecule has 0 aliphatic heterocycles. The number of carbonyl (C=O) groups excluding carboxylic acids is 1. The molecule has 0 N–H and O–H groups in total. The van der Waals surface area contributed by atoms with E-state index in [1.807, 2.05) is 22.9 Å². The van der Waals surface area contributed by atoms with Crippen molar-refractivity contribution < 1.29 is 9.53 Å². The van der Waals surface area contributed by atoms with Crippen LogP contribution in [0.15, 0.2) is 22.9 Å². The van der Waals surface area contributed by atoms with Crippen LogP contribution in [0, 0.1) is 0 Å². The van der Waals surface area contributed by atoms with Gasteiger partial charge in [0.1, 0.15) is 0 Å². The molecule has 0 saturated carbocycles. The predicted molar refractivity (Wildman–Crippen MR) is 51.2 cm³/mol. The first-order valence-corrected chi connectivity index (χ1v) is 4.88. The second-order valence-corrected chi connectivity index (χ2v) is 2.77. The molecule has 1 aromatic rings. The van der Waals surface area contributed by atoms with E-state index in [4.69, 9.17) is 0 Å². The first kappa shape index (κ1) is 11.2. The number of thiophene rings is 1. The second kappa shape index (κ2) is 8.27. The van der Waals surface area contributed by atoms with Gasteiger partial charge in [-0.15, -0.1) is 0 Å².